The molecule has 2 aliphatic rings. The van der Waals surface area contributed by atoms with Crippen molar-refractivity contribution in [3.05, 3.63) is 23.0 Å². The summed E-state index contributed by atoms with van der Waals surface area (Å²) in [7, 11) is 0. The SMILES string of the molecule is Cc1cc2c(n1CC1(C)CCCC1)CC(C)(C)CC2O. The van der Waals surface area contributed by atoms with E-state index in [1.54, 1.807) is 0 Å². The lowest BCUT2D eigenvalue weighted by molar-refractivity contribution is 0.0969. The van der Waals surface area contributed by atoms with Crippen molar-refractivity contribution in [1.29, 1.82) is 0 Å². The van der Waals surface area contributed by atoms with Gasteiger partial charge in [0.2, 0.25) is 0 Å². The summed E-state index contributed by atoms with van der Waals surface area (Å²) in [5.74, 6) is 0. The highest BCUT2D eigenvalue weighted by atomic mass is 16.3. The van der Waals surface area contributed by atoms with Gasteiger partial charge in [-0.3, -0.25) is 0 Å². The first-order valence-electron chi connectivity index (χ1n) is 8.17. The number of rotatable bonds is 2. The Morgan fingerprint density at radius 3 is 2.55 bits per heavy atom. The molecule has 0 radical (unpaired) electrons. The number of aromatic nitrogens is 1. The highest BCUT2D eigenvalue weighted by Crippen LogP contribution is 2.44. The van der Waals surface area contributed by atoms with E-state index in [-0.39, 0.29) is 11.5 Å². The van der Waals surface area contributed by atoms with E-state index in [1.807, 2.05) is 0 Å². The Balaban J connectivity index is 1.96. The molecule has 1 fully saturated rings. The van der Waals surface area contributed by atoms with Gasteiger partial charge in [-0.05, 0) is 49.5 Å². The largest absolute Gasteiger partial charge is 0.388 e. The molecular weight excluding hydrogens is 246 g/mol. The van der Waals surface area contributed by atoms with Crippen LogP contribution in [0.2, 0.25) is 0 Å². The zero-order valence-electron chi connectivity index (χ0n) is 13.5. The maximum Gasteiger partial charge on any atom is 0.0812 e. The van der Waals surface area contributed by atoms with Crippen molar-refractivity contribution in [2.45, 2.75) is 78.9 Å². The third-order valence-corrected chi connectivity index (χ3v) is 5.55. The lowest BCUT2D eigenvalue weighted by Gasteiger charge is -2.35. The summed E-state index contributed by atoms with van der Waals surface area (Å²) in [6.45, 7) is 10.3. The smallest absolute Gasteiger partial charge is 0.0812 e. The third kappa shape index (κ3) is 2.43. The van der Waals surface area contributed by atoms with Crippen LogP contribution in [0.3, 0.4) is 0 Å². The van der Waals surface area contributed by atoms with Crippen LogP contribution in [-0.4, -0.2) is 9.67 Å². The van der Waals surface area contributed by atoms with Crippen molar-refractivity contribution >= 4 is 0 Å². The first kappa shape index (κ1) is 14.2. The molecule has 0 aromatic carbocycles. The Bertz CT molecular complexity index is 506. The van der Waals surface area contributed by atoms with Crippen molar-refractivity contribution in [1.82, 2.24) is 4.57 Å². The Kier molecular flexibility index (Phi) is 3.28. The molecule has 1 unspecified atom stereocenters. The van der Waals surface area contributed by atoms with E-state index in [0.717, 1.165) is 19.4 Å². The van der Waals surface area contributed by atoms with Crippen molar-refractivity contribution in [2.75, 3.05) is 0 Å². The Morgan fingerprint density at radius 2 is 1.90 bits per heavy atom. The number of aliphatic hydroxyl groups is 1. The third-order valence-electron chi connectivity index (χ3n) is 5.55. The van der Waals surface area contributed by atoms with Gasteiger partial charge in [-0.15, -0.1) is 0 Å². The van der Waals surface area contributed by atoms with Gasteiger partial charge in [-0.25, -0.2) is 0 Å². The standard InChI is InChI=1S/C18H29NO/c1-13-9-14-15(10-17(2,3)11-16(14)20)19(13)12-18(4)7-5-6-8-18/h9,16,20H,5-8,10-12H2,1-4H3. The molecule has 0 aliphatic heterocycles. The van der Waals surface area contributed by atoms with Crippen LogP contribution in [0.1, 0.15) is 75.9 Å². The molecule has 20 heavy (non-hydrogen) atoms. The molecule has 1 heterocycles. The first-order valence-corrected chi connectivity index (χ1v) is 8.17. The maximum absolute atomic E-state index is 10.4. The molecule has 0 bridgehead atoms. The van der Waals surface area contributed by atoms with Gasteiger partial charge in [-0.2, -0.15) is 0 Å². The number of hydrogen-bond acceptors (Lipinski definition) is 1. The summed E-state index contributed by atoms with van der Waals surface area (Å²) in [6, 6.07) is 2.23. The Morgan fingerprint density at radius 1 is 1.25 bits per heavy atom. The highest BCUT2D eigenvalue weighted by molar-refractivity contribution is 5.33. The van der Waals surface area contributed by atoms with Crippen LogP contribution >= 0.6 is 0 Å². The molecule has 3 rings (SSSR count). The second-order valence-electron chi connectivity index (χ2n) is 8.35. The fourth-order valence-corrected chi connectivity index (χ4v) is 4.39. The van der Waals surface area contributed by atoms with Gasteiger partial charge in [0, 0.05) is 23.5 Å². The summed E-state index contributed by atoms with van der Waals surface area (Å²) in [5.41, 5.74) is 4.61. The lowest BCUT2D eigenvalue weighted by Crippen LogP contribution is -2.29. The zero-order chi connectivity index (χ0) is 14.5. The van der Waals surface area contributed by atoms with E-state index in [2.05, 4.69) is 38.3 Å². The topological polar surface area (TPSA) is 25.2 Å². The molecule has 2 aliphatic carbocycles. The molecule has 1 saturated carbocycles. The van der Waals surface area contributed by atoms with Crippen LogP contribution in [0.25, 0.3) is 0 Å². The molecule has 0 saturated heterocycles. The van der Waals surface area contributed by atoms with Crippen LogP contribution in [0.4, 0.5) is 0 Å². The van der Waals surface area contributed by atoms with Gasteiger partial charge < -0.3 is 9.67 Å². The fraction of sp³-hybridized carbons (Fsp3) is 0.778. The van der Waals surface area contributed by atoms with Crippen molar-refractivity contribution in [2.24, 2.45) is 10.8 Å². The summed E-state index contributed by atoms with van der Waals surface area (Å²) in [4.78, 5) is 0. The highest BCUT2D eigenvalue weighted by Gasteiger charge is 2.36. The normalized spacial score (nSPS) is 27.6. The van der Waals surface area contributed by atoms with Crippen molar-refractivity contribution in [3.63, 3.8) is 0 Å². The molecule has 112 valence electrons. The number of fused-ring (bicyclic) bond motifs is 1. The number of hydrogen-bond donors (Lipinski definition) is 1. The molecule has 2 nitrogen and oxygen atoms in total. The van der Waals surface area contributed by atoms with Crippen LogP contribution in [0.15, 0.2) is 6.07 Å². The molecular formula is C18H29NO. The fourth-order valence-electron chi connectivity index (χ4n) is 4.39. The molecule has 0 amide bonds. The predicted octanol–water partition coefficient (Wildman–Crippen LogP) is 4.38. The summed E-state index contributed by atoms with van der Waals surface area (Å²) in [5, 5.41) is 10.4. The van der Waals surface area contributed by atoms with Gasteiger partial charge in [0.25, 0.3) is 0 Å². The molecule has 1 aromatic rings. The molecule has 1 N–H and O–H groups in total. The lowest BCUT2D eigenvalue weighted by atomic mass is 9.75. The first-order chi connectivity index (χ1) is 9.30. The predicted molar refractivity (Wildman–Crippen MR) is 82.8 cm³/mol. The van der Waals surface area contributed by atoms with Gasteiger partial charge in [-0.1, -0.05) is 33.6 Å². The van der Waals surface area contributed by atoms with Crippen LogP contribution in [0.5, 0.6) is 0 Å². The van der Waals surface area contributed by atoms with Crippen molar-refractivity contribution < 1.29 is 5.11 Å². The molecule has 1 atom stereocenters. The molecule has 0 spiro atoms. The van der Waals surface area contributed by atoms with E-state index >= 15 is 0 Å². The molecule has 2 heteroatoms. The second-order valence-corrected chi connectivity index (χ2v) is 8.35. The van der Waals surface area contributed by atoms with Crippen LogP contribution in [-0.2, 0) is 13.0 Å². The maximum atomic E-state index is 10.4. The van der Waals surface area contributed by atoms with E-state index in [9.17, 15) is 5.11 Å². The number of nitrogens with zero attached hydrogens (tertiary/aromatic N) is 1. The summed E-state index contributed by atoms with van der Waals surface area (Å²) < 4.78 is 2.52. The van der Waals surface area contributed by atoms with Gasteiger partial charge >= 0.3 is 0 Å². The van der Waals surface area contributed by atoms with Crippen LogP contribution < -0.4 is 0 Å². The van der Waals surface area contributed by atoms with Gasteiger partial charge in [0.15, 0.2) is 0 Å². The minimum absolute atomic E-state index is 0.214. The van der Waals surface area contributed by atoms with Gasteiger partial charge in [0.1, 0.15) is 0 Å². The van der Waals surface area contributed by atoms with Crippen LogP contribution in [0, 0.1) is 17.8 Å². The quantitative estimate of drug-likeness (QED) is 0.851. The minimum Gasteiger partial charge on any atom is -0.388 e. The second kappa shape index (κ2) is 4.62. The van der Waals surface area contributed by atoms with E-state index < -0.39 is 0 Å². The summed E-state index contributed by atoms with van der Waals surface area (Å²) in [6.07, 6.45) is 7.19. The Labute approximate surface area is 123 Å². The number of aliphatic hydroxyl groups excluding tert-OH is 1. The van der Waals surface area contributed by atoms with Crippen molar-refractivity contribution in [3.8, 4) is 0 Å². The average molecular weight is 275 g/mol. The zero-order valence-corrected chi connectivity index (χ0v) is 13.5. The van der Waals surface area contributed by atoms with Gasteiger partial charge in [0.05, 0.1) is 6.10 Å². The van der Waals surface area contributed by atoms with E-state index in [4.69, 9.17) is 0 Å². The molecule has 1 aromatic heterocycles. The number of aryl methyl sites for hydroxylation is 1. The average Bonchev–Trinajstić information content (AvgIpc) is 2.86. The monoisotopic (exact) mass is 275 g/mol. The Hall–Kier alpha value is -0.760. The minimum atomic E-state index is -0.273. The van der Waals surface area contributed by atoms with E-state index in [1.165, 1.54) is 42.6 Å². The summed E-state index contributed by atoms with van der Waals surface area (Å²) >= 11 is 0. The van der Waals surface area contributed by atoms with E-state index in [0.29, 0.717) is 5.41 Å².